The quantitative estimate of drug-likeness (QED) is 0.0423. The molecule has 188 valence electrons. The van der Waals surface area contributed by atoms with Crippen molar-refractivity contribution in [3.63, 3.8) is 0 Å². The van der Waals surface area contributed by atoms with Crippen LogP contribution < -0.4 is 5.32 Å². The lowest BCUT2D eigenvalue weighted by Gasteiger charge is -2.05. The molecule has 0 radical (unpaired) electrons. The van der Waals surface area contributed by atoms with E-state index in [9.17, 15) is 4.79 Å². The molecule has 0 bridgehead atoms. The molecule has 0 spiro atoms. The van der Waals surface area contributed by atoms with Crippen molar-refractivity contribution < 1.29 is 4.79 Å². The SMILES string of the molecule is O=C=NCCCCCCCCCCCCCCCCCCCCCCCCCNC(=S)S. The number of nitrogens with one attached hydrogen (secondary N) is 1. The third kappa shape index (κ3) is 29.6. The smallest absolute Gasteiger partial charge is 0.234 e. The Morgan fingerprint density at radius 1 is 0.562 bits per heavy atom. The van der Waals surface area contributed by atoms with E-state index in [1.165, 1.54) is 141 Å². The number of aliphatic imine (C=N–C) groups is 1. The zero-order chi connectivity index (χ0) is 23.4. The molecule has 0 saturated heterocycles. The minimum Gasteiger partial charge on any atom is -0.371 e. The third-order valence-electron chi connectivity index (χ3n) is 6.29. The zero-order valence-electron chi connectivity index (χ0n) is 20.9. The molecule has 0 aromatic carbocycles. The van der Waals surface area contributed by atoms with Crippen LogP contribution in [0.2, 0.25) is 0 Å². The number of rotatable bonds is 26. The summed E-state index contributed by atoms with van der Waals surface area (Å²) in [7, 11) is 0. The second kappa shape index (κ2) is 28.7. The molecule has 0 aliphatic rings. The molecule has 0 rings (SSSR count). The van der Waals surface area contributed by atoms with E-state index < -0.39 is 0 Å². The summed E-state index contributed by atoms with van der Waals surface area (Å²) in [5.74, 6) is 0. The van der Waals surface area contributed by atoms with E-state index in [1.54, 1.807) is 6.08 Å². The second-order valence-corrected chi connectivity index (χ2v) is 10.5. The first kappa shape index (κ1) is 31.6. The van der Waals surface area contributed by atoms with Crippen molar-refractivity contribution in [2.45, 2.75) is 148 Å². The molecule has 0 aromatic heterocycles. The normalized spacial score (nSPS) is 10.8. The molecule has 3 nitrogen and oxygen atoms in total. The van der Waals surface area contributed by atoms with Crippen LogP contribution in [0.15, 0.2) is 4.99 Å². The number of hydrogen-bond acceptors (Lipinski definition) is 3. The van der Waals surface area contributed by atoms with Crippen LogP contribution in [-0.4, -0.2) is 23.5 Å². The maximum Gasteiger partial charge on any atom is 0.234 e. The lowest BCUT2D eigenvalue weighted by Crippen LogP contribution is -2.17. The summed E-state index contributed by atoms with van der Waals surface area (Å²) in [5.41, 5.74) is 0. The molecule has 0 fully saturated rings. The van der Waals surface area contributed by atoms with Gasteiger partial charge in [0.1, 0.15) is 4.32 Å². The summed E-state index contributed by atoms with van der Waals surface area (Å²) in [5, 5.41) is 3.10. The number of thiol groups is 1. The topological polar surface area (TPSA) is 41.5 Å². The Morgan fingerprint density at radius 3 is 1.12 bits per heavy atom. The number of nitrogens with zero attached hydrogens (tertiary/aromatic N) is 1. The highest BCUT2D eigenvalue weighted by Gasteiger charge is 1.96. The fourth-order valence-corrected chi connectivity index (χ4v) is 4.48. The number of isocyanates is 1. The molecule has 0 unspecified atom stereocenters. The highest BCUT2D eigenvalue weighted by molar-refractivity contribution is 8.11. The second-order valence-electron chi connectivity index (χ2n) is 9.34. The average Bonchev–Trinajstić information content (AvgIpc) is 2.78. The summed E-state index contributed by atoms with van der Waals surface area (Å²) in [6, 6.07) is 0. The molecule has 0 aliphatic carbocycles. The van der Waals surface area contributed by atoms with Crippen LogP contribution in [0.25, 0.3) is 0 Å². The van der Waals surface area contributed by atoms with Crippen molar-refractivity contribution >= 4 is 35.2 Å². The predicted molar refractivity (Wildman–Crippen MR) is 149 cm³/mol. The van der Waals surface area contributed by atoms with Crippen LogP contribution in [0.5, 0.6) is 0 Å². The minimum absolute atomic E-state index is 0.621. The Labute approximate surface area is 210 Å². The van der Waals surface area contributed by atoms with Crippen LogP contribution in [0.3, 0.4) is 0 Å². The number of thiocarbonyl (C=S) groups is 1. The van der Waals surface area contributed by atoms with Gasteiger partial charge in [-0.3, -0.25) is 0 Å². The van der Waals surface area contributed by atoms with E-state index >= 15 is 0 Å². The van der Waals surface area contributed by atoms with Gasteiger partial charge in [0, 0.05) is 6.54 Å². The van der Waals surface area contributed by atoms with Crippen molar-refractivity contribution in [1.29, 1.82) is 0 Å². The van der Waals surface area contributed by atoms with E-state index in [0.29, 0.717) is 10.9 Å². The molecule has 0 aromatic rings. The van der Waals surface area contributed by atoms with Crippen LogP contribution in [0.1, 0.15) is 148 Å². The largest absolute Gasteiger partial charge is 0.371 e. The Kier molecular flexibility index (Phi) is 28.3. The van der Waals surface area contributed by atoms with Crippen molar-refractivity contribution in [3.05, 3.63) is 0 Å². The van der Waals surface area contributed by atoms with Crippen LogP contribution in [0.4, 0.5) is 0 Å². The molecule has 0 amide bonds. The highest BCUT2D eigenvalue weighted by Crippen LogP contribution is 2.15. The Balaban J connectivity index is 3.02. The maximum atomic E-state index is 9.96. The van der Waals surface area contributed by atoms with Crippen molar-refractivity contribution in [1.82, 2.24) is 5.32 Å². The minimum atomic E-state index is 0.621. The van der Waals surface area contributed by atoms with E-state index in [-0.39, 0.29) is 0 Å². The standard InChI is InChI=1S/C27H52N2OS2/c30-26-28-24-22-20-18-16-14-12-10-8-6-4-2-1-3-5-7-9-11-13-15-17-19-21-23-25-29-27(31)32/h1-25H2,(H2,29,31,32). The number of unbranched alkanes of at least 4 members (excludes halogenated alkanes) is 22. The third-order valence-corrected chi connectivity index (χ3v) is 6.59. The lowest BCUT2D eigenvalue weighted by atomic mass is 10.0. The van der Waals surface area contributed by atoms with Gasteiger partial charge in [-0.25, -0.2) is 9.79 Å². The van der Waals surface area contributed by atoms with Crippen LogP contribution in [-0.2, 0) is 4.79 Å². The monoisotopic (exact) mass is 484 g/mol. The summed E-state index contributed by atoms with van der Waals surface area (Å²) in [6.07, 6.45) is 33.2. The first-order valence-corrected chi connectivity index (χ1v) is 14.6. The van der Waals surface area contributed by atoms with Gasteiger partial charge in [0.25, 0.3) is 0 Å². The van der Waals surface area contributed by atoms with Crippen molar-refractivity contribution in [2.75, 3.05) is 13.1 Å². The highest BCUT2D eigenvalue weighted by atomic mass is 32.1. The summed E-state index contributed by atoms with van der Waals surface area (Å²) in [4.78, 5) is 13.5. The summed E-state index contributed by atoms with van der Waals surface area (Å²) >= 11 is 8.95. The van der Waals surface area contributed by atoms with Gasteiger partial charge < -0.3 is 5.32 Å². The van der Waals surface area contributed by atoms with Gasteiger partial charge in [-0.1, -0.05) is 147 Å². The van der Waals surface area contributed by atoms with E-state index in [0.717, 1.165) is 13.0 Å². The zero-order valence-corrected chi connectivity index (χ0v) is 22.6. The molecule has 5 heteroatoms. The van der Waals surface area contributed by atoms with Gasteiger partial charge >= 0.3 is 0 Å². The van der Waals surface area contributed by atoms with Gasteiger partial charge in [0.15, 0.2) is 0 Å². The van der Waals surface area contributed by atoms with Gasteiger partial charge in [-0.05, 0) is 12.8 Å². The molecule has 0 heterocycles. The van der Waals surface area contributed by atoms with Crippen molar-refractivity contribution in [2.24, 2.45) is 4.99 Å². The molecule has 32 heavy (non-hydrogen) atoms. The first-order valence-electron chi connectivity index (χ1n) is 13.8. The molecular formula is C27H52N2OS2. The number of carbonyl (C=O) groups excluding carboxylic acids is 1. The van der Waals surface area contributed by atoms with E-state index in [1.807, 2.05) is 0 Å². The molecule has 0 aliphatic heterocycles. The molecule has 0 saturated carbocycles. The van der Waals surface area contributed by atoms with Crippen molar-refractivity contribution in [3.8, 4) is 0 Å². The summed E-state index contributed by atoms with van der Waals surface area (Å²) < 4.78 is 0.621. The predicted octanol–water partition coefficient (Wildman–Crippen LogP) is 9.10. The summed E-state index contributed by atoms with van der Waals surface area (Å²) in [6.45, 7) is 1.64. The average molecular weight is 485 g/mol. The fourth-order valence-electron chi connectivity index (χ4n) is 4.27. The number of hydrogen-bond donors (Lipinski definition) is 2. The molecular weight excluding hydrogens is 432 g/mol. The van der Waals surface area contributed by atoms with E-state index in [2.05, 4.69) is 22.9 Å². The fraction of sp³-hybridized carbons (Fsp3) is 0.926. The molecule has 0 atom stereocenters. The Morgan fingerprint density at radius 2 is 0.844 bits per heavy atom. The molecule has 1 N–H and O–H groups in total. The van der Waals surface area contributed by atoms with Crippen LogP contribution in [0, 0.1) is 0 Å². The van der Waals surface area contributed by atoms with Gasteiger partial charge in [0.2, 0.25) is 6.08 Å². The lowest BCUT2D eigenvalue weighted by molar-refractivity contribution is 0.517. The van der Waals surface area contributed by atoms with Gasteiger partial charge in [-0.2, -0.15) is 0 Å². The van der Waals surface area contributed by atoms with Crippen LogP contribution >= 0.6 is 24.8 Å². The first-order chi connectivity index (χ1) is 15.8. The Hall–Kier alpha value is -0.380. The van der Waals surface area contributed by atoms with Gasteiger partial charge in [-0.15, -0.1) is 12.6 Å². The maximum absolute atomic E-state index is 9.96. The van der Waals surface area contributed by atoms with Gasteiger partial charge in [0.05, 0.1) is 6.54 Å². The van der Waals surface area contributed by atoms with E-state index in [4.69, 9.17) is 12.2 Å². The Bertz CT molecular complexity index is 413.